The molecule has 0 aliphatic rings. The van der Waals surface area contributed by atoms with E-state index >= 15 is 0 Å². The molecule has 0 radical (unpaired) electrons. The van der Waals surface area contributed by atoms with Crippen molar-refractivity contribution in [1.29, 1.82) is 0 Å². The van der Waals surface area contributed by atoms with E-state index in [0.717, 1.165) is 13.0 Å². The molecule has 0 saturated heterocycles. The van der Waals surface area contributed by atoms with Crippen molar-refractivity contribution in [2.75, 3.05) is 6.54 Å². The van der Waals surface area contributed by atoms with Gasteiger partial charge < -0.3 is 21.3 Å². The third-order valence-corrected chi connectivity index (χ3v) is 1.45. The maximum atomic E-state index is 8.53. The third kappa shape index (κ3) is 30.1. The molecule has 0 heterocycles. The number of nitrogens with one attached hydrogen (secondary N) is 1. The van der Waals surface area contributed by atoms with Gasteiger partial charge in [-0.05, 0) is 30.9 Å². The Morgan fingerprint density at radius 1 is 1.21 bits per heavy atom. The fourth-order valence-electron chi connectivity index (χ4n) is 0.747. The second-order valence-electron chi connectivity index (χ2n) is 2.63. The Hall–Kier alpha value is -0.620. The lowest BCUT2D eigenvalue weighted by Crippen LogP contribution is -2.21. The molecule has 0 rings (SSSR count). The number of nitrogens with two attached hydrogens (primary N) is 1. The lowest BCUT2D eigenvalue weighted by atomic mass is 10.2. The van der Waals surface area contributed by atoms with Crippen LogP contribution in [0.1, 0.15) is 32.6 Å². The van der Waals surface area contributed by atoms with E-state index in [0.29, 0.717) is 0 Å². The van der Waals surface area contributed by atoms with Gasteiger partial charge >= 0.3 is 0 Å². The Morgan fingerprint density at radius 3 is 2.07 bits per heavy atom. The summed E-state index contributed by atoms with van der Waals surface area (Å²) in [5, 5.41) is 18.2. The second kappa shape index (κ2) is 12.4. The average molecular weight is 238 g/mol. The molecule has 0 spiro atoms. The van der Waals surface area contributed by atoms with Crippen molar-refractivity contribution in [2.45, 2.75) is 32.6 Å². The van der Waals surface area contributed by atoms with E-state index in [1.807, 2.05) is 0 Å². The van der Waals surface area contributed by atoms with E-state index in [-0.39, 0.29) is 5.17 Å². The molecule has 84 valence electrons. The summed E-state index contributed by atoms with van der Waals surface area (Å²) < 4.78 is 0. The summed E-state index contributed by atoms with van der Waals surface area (Å²) in [5.41, 5.74) is 4.40. The minimum Gasteiger partial charge on any atom is -0.487 e. The van der Waals surface area contributed by atoms with Crippen molar-refractivity contribution in [2.24, 2.45) is 5.73 Å². The second-order valence-corrected chi connectivity index (χ2v) is 3.44. The highest BCUT2D eigenvalue weighted by Gasteiger charge is 1.88. The molecule has 0 amide bonds. The van der Waals surface area contributed by atoms with Crippen molar-refractivity contribution in [3.8, 4) is 0 Å². The fraction of sp³-hybridized carbons (Fsp3) is 0.750. The predicted octanol–water partition coefficient (Wildman–Crippen LogP) is 1.79. The van der Waals surface area contributed by atoms with Crippen LogP contribution in [-0.2, 0) is 0 Å². The summed E-state index contributed by atoms with van der Waals surface area (Å²) in [4.78, 5) is 0. The van der Waals surface area contributed by atoms with Crippen molar-refractivity contribution in [1.82, 2.24) is 5.32 Å². The Morgan fingerprint density at radius 2 is 1.71 bits per heavy atom. The van der Waals surface area contributed by atoms with Gasteiger partial charge in [0.15, 0.2) is 0 Å². The van der Waals surface area contributed by atoms with Gasteiger partial charge in [-0.15, -0.1) is 0 Å². The molecule has 0 aliphatic heterocycles. The van der Waals surface area contributed by atoms with Crippen LogP contribution in [0.3, 0.4) is 0 Å². The Labute approximate surface area is 95.5 Å². The monoisotopic (exact) mass is 238 g/mol. The van der Waals surface area contributed by atoms with Gasteiger partial charge in [-0.25, -0.2) is 0 Å². The number of rotatable bonds is 5. The number of thiocarbonyl (C=S) groups is 2. The van der Waals surface area contributed by atoms with Crippen LogP contribution < -0.4 is 11.1 Å². The lowest BCUT2D eigenvalue weighted by molar-refractivity contribution is 0.523. The van der Waals surface area contributed by atoms with Gasteiger partial charge in [0.05, 0.1) is 0 Å². The summed E-state index contributed by atoms with van der Waals surface area (Å²) in [7, 11) is 0. The fourth-order valence-corrected chi connectivity index (χ4v) is 0.849. The largest absolute Gasteiger partial charge is 0.487 e. The van der Waals surface area contributed by atoms with E-state index in [2.05, 4.69) is 42.4 Å². The van der Waals surface area contributed by atoms with Crippen LogP contribution in [0.2, 0.25) is 0 Å². The first-order valence-corrected chi connectivity index (χ1v) is 5.27. The number of aliphatic hydroxyl groups is 2. The van der Waals surface area contributed by atoms with Gasteiger partial charge in [0.2, 0.25) is 0 Å². The van der Waals surface area contributed by atoms with E-state index < -0.39 is 5.17 Å². The minimum atomic E-state index is -0.500. The number of aliphatic hydroxyl groups excluding tert-OH is 2. The highest BCUT2D eigenvalue weighted by molar-refractivity contribution is 7.80. The van der Waals surface area contributed by atoms with Gasteiger partial charge in [-0.3, -0.25) is 0 Å². The van der Waals surface area contributed by atoms with E-state index in [4.69, 9.17) is 10.2 Å². The van der Waals surface area contributed by atoms with E-state index in [1.165, 1.54) is 19.3 Å². The number of hydrogen-bond acceptors (Lipinski definition) is 2. The van der Waals surface area contributed by atoms with Crippen LogP contribution in [0, 0.1) is 0 Å². The molecular formula is C8H18N2O2S2. The van der Waals surface area contributed by atoms with E-state index in [9.17, 15) is 0 Å². The van der Waals surface area contributed by atoms with Crippen molar-refractivity contribution >= 4 is 34.8 Å². The van der Waals surface area contributed by atoms with Crippen LogP contribution in [0.25, 0.3) is 0 Å². The molecule has 0 saturated carbocycles. The summed E-state index contributed by atoms with van der Waals surface area (Å²) >= 11 is 8.29. The molecule has 0 aromatic rings. The van der Waals surface area contributed by atoms with Gasteiger partial charge in [0.1, 0.15) is 0 Å². The minimum absolute atomic E-state index is 0.0866. The van der Waals surface area contributed by atoms with Crippen molar-refractivity contribution in [3.63, 3.8) is 0 Å². The number of unbranched alkanes of at least 4 members (excludes halogenated alkanes) is 3. The Bertz CT molecular complexity index is 161. The molecule has 0 bridgehead atoms. The van der Waals surface area contributed by atoms with Crippen LogP contribution in [0.4, 0.5) is 0 Å². The SMILES string of the molecule is CCCCCCNC(O)=S.NC(O)=S. The topological polar surface area (TPSA) is 78.5 Å². The maximum Gasteiger partial charge on any atom is 0.254 e. The van der Waals surface area contributed by atoms with Crippen LogP contribution in [-0.4, -0.2) is 27.1 Å². The molecule has 5 N–H and O–H groups in total. The van der Waals surface area contributed by atoms with Gasteiger partial charge in [-0.2, -0.15) is 0 Å². The van der Waals surface area contributed by atoms with Gasteiger partial charge in [0.25, 0.3) is 10.3 Å². The third-order valence-electron chi connectivity index (χ3n) is 1.31. The molecule has 6 heteroatoms. The molecule has 0 atom stereocenters. The number of hydrogen-bond donors (Lipinski definition) is 4. The standard InChI is InChI=1S/C7H15NOS.CH3NOS/c1-2-3-4-5-6-8-7(9)10;2-1(3)4/h2-6H2,1H3,(H2,8,9,10);(H3,2,3,4). The summed E-state index contributed by atoms with van der Waals surface area (Å²) in [6, 6.07) is 0. The highest BCUT2D eigenvalue weighted by Crippen LogP contribution is 1.96. The van der Waals surface area contributed by atoms with Crippen LogP contribution in [0.5, 0.6) is 0 Å². The molecule has 0 aromatic carbocycles. The Balaban J connectivity index is 0. The predicted molar refractivity (Wildman–Crippen MR) is 66.8 cm³/mol. The first-order chi connectivity index (χ1) is 6.50. The molecule has 0 unspecified atom stereocenters. The van der Waals surface area contributed by atoms with E-state index in [1.54, 1.807) is 0 Å². The zero-order valence-corrected chi connectivity index (χ0v) is 9.96. The molecular weight excluding hydrogens is 220 g/mol. The zero-order valence-electron chi connectivity index (χ0n) is 8.32. The lowest BCUT2D eigenvalue weighted by Gasteiger charge is -2.00. The van der Waals surface area contributed by atoms with Crippen LogP contribution >= 0.6 is 24.4 Å². The molecule has 4 nitrogen and oxygen atoms in total. The zero-order chi connectivity index (χ0) is 11.4. The molecule has 0 aliphatic carbocycles. The Kier molecular flexibility index (Phi) is 14.0. The summed E-state index contributed by atoms with van der Waals surface area (Å²) in [6.07, 6.45) is 4.81. The first-order valence-electron chi connectivity index (χ1n) is 4.45. The molecule has 0 fully saturated rings. The smallest absolute Gasteiger partial charge is 0.254 e. The average Bonchev–Trinajstić information content (AvgIpc) is 2.02. The first kappa shape index (κ1) is 15.8. The normalized spacial score (nSPS) is 8.36. The molecule has 14 heavy (non-hydrogen) atoms. The summed E-state index contributed by atoms with van der Waals surface area (Å²) in [6.45, 7) is 2.97. The van der Waals surface area contributed by atoms with Gasteiger partial charge in [0, 0.05) is 6.54 Å². The quantitative estimate of drug-likeness (QED) is 0.432. The maximum absolute atomic E-state index is 8.53. The van der Waals surface area contributed by atoms with Gasteiger partial charge in [-0.1, -0.05) is 26.2 Å². The van der Waals surface area contributed by atoms with Crippen LogP contribution in [0.15, 0.2) is 0 Å². The van der Waals surface area contributed by atoms with Crippen molar-refractivity contribution in [3.05, 3.63) is 0 Å². The molecule has 0 aromatic heterocycles. The highest BCUT2D eigenvalue weighted by atomic mass is 32.1. The van der Waals surface area contributed by atoms with Crippen molar-refractivity contribution < 1.29 is 10.2 Å². The summed E-state index contributed by atoms with van der Waals surface area (Å²) in [5.74, 6) is 0.